The lowest BCUT2D eigenvalue weighted by atomic mass is 10.0. The van der Waals surface area contributed by atoms with Crippen LogP contribution in [0.1, 0.15) is 83.1 Å². The molecule has 0 saturated heterocycles. The van der Waals surface area contributed by atoms with Gasteiger partial charge in [0.15, 0.2) is 0 Å². The van der Waals surface area contributed by atoms with Gasteiger partial charge in [0.05, 0.1) is 0 Å². The Morgan fingerprint density at radius 1 is 0.742 bits per heavy atom. The molecule has 0 unspecified atom stereocenters. The van der Waals surface area contributed by atoms with Crippen LogP contribution in [0.15, 0.2) is 47.4 Å². The number of aromatic hydroxyl groups is 1. The molecule has 0 fully saturated rings. The fraction of sp³-hybridized carbons (Fsp3) is 0.520. The van der Waals surface area contributed by atoms with Crippen molar-refractivity contribution in [2.45, 2.75) is 88.9 Å². The Morgan fingerprint density at radius 3 is 1.90 bits per heavy atom. The monoisotopic (exact) mass is 448 g/mol. The lowest BCUT2D eigenvalue weighted by Crippen LogP contribution is -2.02. The van der Waals surface area contributed by atoms with Crippen molar-refractivity contribution in [3.05, 3.63) is 48.0 Å². The van der Waals surface area contributed by atoms with Crippen LogP contribution in [0.2, 0.25) is 0 Å². The largest absolute Gasteiger partial charge is 0.508 e. The zero-order valence-corrected chi connectivity index (χ0v) is 19.4. The van der Waals surface area contributed by atoms with E-state index in [4.69, 9.17) is 4.74 Å². The molecule has 2 rings (SSSR count). The number of benzene rings is 2. The maximum absolute atomic E-state index is 11.6. The van der Waals surface area contributed by atoms with Gasteiger partial charge in [-0.1, -0.05) is 89.3 Å². The predicted octanol–water partition coefficient (Wildman–Crippen LogP) is 7.28. The van der Waals surface area contributed by atoms with Crippen LogP contribution in [0.5, 0.6) is 17.2 Å². The molecular formula is C25H36O5S. The molecule has 0 atom stereocenters. The number of phenols is 1. The van der Waals surface area contributed by atoms with E-state index >= 15 is 0 Å². The highest BCUT2D eigenvalue weighted by atomic mass is 32.2. The number of ether oxygens (including phenoxy) is 1. The first kappa shape index (κ1) is 25.2. The first-order chi connectivity index (χ1) is 14.9. The number of unbranched alkanes of at least 4 members (excludes halogenated alkanes) is 10. The van der Waals surface area contributed by atoms with E-state index in [-0.39, 0.29) is 16.4 Å². The zero-order chi connectivity index (χ0) is 22.5. The fourth-order valence-corrected chi connectivity index (χ4v) is 4.35. The van der Waals surface area contributed by atoms with Gasteiger partial charge in [0.2, 0.25) is 0 Å². The molecule has 0 heterocycles. The van der Waals surface area contributed by atoms with Gasteiger partial charge in [-0.2, -0.15) is 8.42 Å². The number of hydrogen-bond acceptors (Lipinski definition) is 4. The normalized spacial score (nSPS) is 11.5. The summed E-state index contributed by atoms with van der Waals surface area (Å²) >= 11 is 0. The molecule has 0 bridgehead atoms. The number of hydrogen-bond donors (Lipinski definition) is 2. The van der Waals surface area contributed by atoms with Crippen LogP contribution in [0.3, 0.4) is 0 Å². The zero-order valence-electron chi connectivity index (χ0n) is 18.6. The SMILES string of the molecule is CCCCCCCCCCCCCc1c(O)cccc1Oc1ccccc1S(=O)(=O)O. The highest BCUT2D eigenvalue weighted by molar-refractivity contribution is 7.86. The molecule has 5 nitrogen and oxygen atoms in total. The molecule has 0 saturated carbocycles. The van der Waals surface area contributed by atoms with Crippen LogP contribution in [-0.2, 0) is 16.5 Å². The highest BCUT2D eigenvalue weighted by Crippen LogP contribution is 2.35. The molecule has 2 aromatic rings. The van der Waals surface area contributed by atoms with Gasteiger partial charge in [0, 0.05) is 5.56 Å². The summed E-state index contributed by atoms with van der Waals surface area (Å²) in [5, 5.41) is 10.3. The average Bonchev–Trinajstić information content (AvgIpc) is 2.73. The predicted molar refractivity (Wildman–Crippen MR) is 125 cm³/mol. The summed E-state index contributed by atoms with van der Waals surface area (Å²) in [4.78, 5) is -0.293. The Hall–Kier alpha value is -2.05. The smallest absolute Gasteiger partial charge is 0.298 e. The minimum absolute atomic E-state index is 0.0378. The third-order valence-corrected chi connectivity index (χ3v) is 6.38. The van der Waals surface area contributed by atoms with Crippen molar-refractivity contribution in [1.29, 1.82) is 0 Å². The van der Waals surface area contributed by atoms with E-state index < -0.39 is 10.1 Å². The van der Waals surface area contributed by atoms with Crippen LogP contribution < -0.4 is 4.74 Å². The molecule has 172 valence electrons. The van der Waals surface area contributed by atoms with Crippen molar-refractivity contribution in [3.63, 3.8) is 0 Å². The fourth-order valence-electron chi connectivity index (χ4n) is 3.73. The van der Waals surface area contributed by atoms with E-state index in [0.29, 0.717) is 17.7 Å². The molecule has 31 heavy (non-hydrogen) atoms. The van der Waals surface area contributed by atoms with Crippen molar-refractivity contribution in [2.75, 3.05) is 0 Å². The Bertz CT molecular complexity index is 893. The molecule has 0 spiro atoms. The molecule has 0 aliphatic carbocycles. The maximum atomic E-state index is 11.6. The third kappa shape index (κ3) is 8.91. The van der Waals surface area contributed by atoms with Crippen molar-refractivity contribution in [3.8, 4) is 17.2 Å². The Balaban J connectivity index is 1.84. The van der Waals surface area contributed by atoms with E-state index in [1.165, 1.54) is 76.0 Å². The summed E-state index contributed by atoms with van der Waals surface area (Å²) in [5.74, 6) is 0.577. The Morgan fingerprint density at radius 2 is 1.29 bits per heavy atom. The lowest BCUT2D eigenvalue weighted by Gasteiger charge is -2.14. The Labute approximate surface area is 187 Å². The van der Waals surface area contributed by atoms with Crippen LogP contribution in [0, 0.1) is 0 Å². The Kier molecular flexibility index (Phi) is 10.9. The maximum Gasteiger partial charge on any atom is 0.298 e. The lowest BCUT2D eigenvalue weighted by molar-refractivity contribution is 0.429. The summed E-state index contributed by atoms with van der Waals surface area (Å²) < 4.78 is 38.4. The van der Waals surface area contributed by atoms with Gasteiger partial charge in [-0.3, -0.25) is 4.55 Å². The second-order valence-corrected chi connectivity index (χ2v) is 9.45. The van der Waals surface area contributed by atoms with E-state index in [2.05, 4.69) is 6.92 Å². The summed E-state index contributed by atoms with van der Waals surface area (Å²) in [6, 6.07) is 10.9. The number of phenolic OH excluding ortho intramolecular Hbond substituents is 1. The van der Waals surface area contributed by atoms with E-state index in [9.17, 15) is 18.1 Å². The van der Waals surface area contributed by atoms with E-state index in [0.717, 1.165) is 12.8 Å². The second-order valence-electron chi connectivity index (χ2n) is 8.06. The molecule has 0 aliphatic heterocycles. The van der Waals surface area contributed by atoms with Crippen LogP contribution in [0.4, 0.5) is 0 Å². The molecule has 6 heteroatoms. The van der Waals surface area contributed by atoms with Crippen molar-refractivity contribution < 1.29 is 22.8 Å². The van der Waals surface area contributed by atoms with E-state index in [1.807, 2.05) is 0 Å². The molecule has 0 aromatic heterocycles. The molecule has 0 aliphatic rings. The standard InChI is InChI=1S/C25H36O5S/c1-2-3-4-5-6-7-8-9-10-11-12-16-21-22(26)17-15-19-23(21)30-24-18-13-14-20-25(24)31(27,28)29/h13-15,17-20,26H,2-12,16H2,1H3,(H,27,28,29). The van der Waals surface area contributed by atoms with Crippen LogP contribution >= 0.6 is 0 Å². The van der Waals surface area contributed by atoms with Crippen molar-refractivity contribution in [2.24, 2.45) is 0 Å². The van der Waals surface area contributed by atoms with Crippen molar-refractivity contribution in [1.82, 2.24) is 0 Å². The minimum Gasteiger partial charge on any atom is -0.508 e. The highest BCUT2D eigenvalue weighted by Gasteiger charge is 2.18. The topological polar surface area (TPSA) is 83.8 Å². The summed E-state index contributed by atoms with van der Waals surface area (Å²) in [5.41, 5.74) is 0.656. The molecule has 2 N–H and O–H groups in total. The molecule has 0 radical (unpaired) electrons. The molecule has 0 amide bonds. The molecule has 2 aromatic carbocycles. The van der Waals surface area contributed by atoms with Gasteiger partial charge in [0.25, 0.3) is 10.1 Å². The van der Waals surface area contributed by atoms with Gasteiger partial charge in [-0.25, -0.2) is 0 Å². The van der Waals surface area contributed by atoms with Gasteiger partial charge in [0.1, 0.15) is 22.1 Å². The number of rotatable bonds is 15. The summed E-state index contributed by atoms with van der Waals surface area (Å²) in [7, 11) is -4.40. The summed E-state index contributed by atoms with van der Waals surface area (Å²) in [6.45, 7) is 2.24. The van der Waals surface area contributed by atoms with Gasteiger partial charge < -0.3 is 9.84 Å². The van der Waals surface area contributed by atoms with Crippen LogP contribution in [-0.4, -0.2) is 18.1 Å². The number of para-hydroxylation sites is 1. The molecular weight excluding hydrogens is 412 g/mol. The average molecular weight is 449 g/mol. The van der Waals surface area contributed by atoms with Crippen molar-refractivity contribution >= 4 is 10.1 Å². The van der Waals surface area contributed by atoms with Gasteiger partial charge in [-0.05, 0) is 37.1 Å². The third-order valence-electron chi connectivity index (χ3n) is 5.49. The van der Waals surface area contributed by atoms with Gasteiger partial charge in [-0.15, -0.1) is 0 Å². The second kappa shape index (κ2) is 13.4. The van der Waals surface area contributed by atoms with E-state index in [1.54, 1.807) is 24.3 Å². The summed E-state index contributed by atoms with van der Waals surface area (Å²) in [6.07, 6.45) is 14.3. The first-order valence-corrected chi connectivity index (χ1v) is 12.9. The van der Waals surface area contributed by atoms with Crippen LogP contribution in [0.25, 0.3) is 0 Å². The minimum atomic E-state index is -4.40. The quantitative estimate of drug-likeness (QED) is 0.221. The first-order valence-electron chi connectivity index (χ1n) is 11.5. The van der Waals surface area contributed by atoms with Gasteiger partial charge >= 0.3 is 0 Å².